The zero-order valence-electron chi connectivity index (χ0n) is 14.4. The summed E-state index contributed by atoms with van der Waals surface area (Å²) in [7, 11) is 1.29. The summed E-state index contributed by atoms with van der Waals surface area (Å²) >= 11 is 0. The van der Waals surface area contributed by atoms with E-state index in [1.807, 2.05) is 12.1 Å². The first-order chi connectivity index (χ1) is 12.6. The number of anilines is 1. The molecule has 0 aliphatic carbocycles. The van der Waals surface area contributed by atoms with Gasteiger partial charge in [0.15, 0.2) is 18.1 Å². The second-order valence-corrected chi connectivity index (χ2v) is 5.69. The predicted octanol–water partition coefficient (Wildman–Crippen LogP) is 2.41. The van der Waals surface area contributed by atoms with Gasteiger partial charge in [0, 0.05) is 5.69 Å². The van der Waals surface area contributed by atoms with Crippen molar-refractivity contribution in [2.45, 2.75) is 19.1 Å². The lowest BCUT2D eigenvalue weighted by molar-refractivity contribution is -0.142. The molecular weight excluding hydrogens is 338 g/mol. The molecule has 3 rings (SSSR count). The Balaban J connectivity index is 1.60. The number of rotatable bonds is 5. The fraction of sp³-hybridized carbons (Fsp3) is 0.263. The fourth-order valence-corrected chi connectivity index (χ4v) is 2.46. The molecule has 7 nitrogen and oxygen atoms in total. The maximum atomic E-state index is 12.5. The van der Waals surface area contributed by atoms with E-state index in [0.29, 0.717) is 22.9 Å². The molecule has 0 radical (unpaired) electrons. The summed E-state index contributed by atoms with van der Waals surface area (Å²) < 4.78 is 21.3. The normalized spacial score (nSPS) is 17.9. The van der Waals surface area contributed by atoms with E-state index in [4.69, 9.17) is 14.2 Å². The number of benzene rings is 2. The Kier molecular flexibility index (Phi) is 5.26. The molecule has 0 saturated carbocycles. The van der Waals surface area contributed by atoms with Gasteiger partial charge in [-0.2, -0.15) is 0 Å². The van der Waals surface area contributed by atoms with Gasteiger partial charge in [-0.25, -0.2) is 4.79 Å². The second kappa shape index (κ2) is 7.77. The van der Waals surface area contributed by atoms with E-state index in [9.17, 15) is 9.59 Å². The Hall–Kier alpha value is -3.22. The van der Waals surface area contributed by atoms with Gasteiger partial charge in [-0.1, -0.05) is 12.1 Å². The number of hydrogen-bond donors (Lipinski definition) is 1. The molecule has 2 aromatic rings. The molecule has 0 fully saturated rings. The van der Waals surface area contributed by atoms with Crippen molar-refractivity contribution >= 4 is 17.6 Å². The third-order valence-electron chi connectivity index (χ3n) is 3.81. The molecule has 1 aliphatic rings. The maximum absolute atomic E-state index is 12.5. The van der Waals surface area contributed by atoms with Gasteiger partial charge in [-0.3, -0.25) is 4.79 Å². The van der Waals surface area contributed by atoms with E-state index in [-0.39, 0.29) is 12.5 Å². The van der Waals surface area contributed by atoms with Crippen LogP contribution in [0.3, 0.4) is 0 Å². The molecule has 1 aliphatic heterocycles. The number of ether oxygens (including phenoxy) is 4. The molecule has 1 heterocycles. The van der Waals surface area contributed by atoms with E-state index in [1.54, 1.807) is 43.3 Å². The average Bonchev–Trinajstić information content (AvgIpc) is 2.66. The minimum atomic E-state index is -0.764. The van der Waals surface area contributed by atoms with Crippen molar-refractivity contribution in [3.05, 3.63) is 48.5 Å². The van der Waals surface area contributed by atoms with Crippen LogP contribution in [0.4, 0.5) is 5.69 Å². The number of carbonyl (C=O) groups excluding carboxylic acids is 2. The largest absolute Gasteiger partial charge is 0.482 e. The van der Waals surface area contributed by atoms with Crippen LogP contribution in [0.1, 0.15) is 6.92 Å². The van der Waals surface area contributed by atoms with E-state index < -0.39 is 18.2 Å². The minimum Gasteiger partial charge on any atom is -0.482 e. The van der Waals surface area contributed by atoms with Gasteiger partial charge in [-0.05, 0) is 43.3 Å². The van der Waals surface area contributed by atoms with E-state index >= 15 is 0 Å². The summed E-state index contributed by atoms with van der Waals surface area (Å²) in [5.41, 5.74) is 0.579. The summed E-state index contributed by atoms with van der Waals surface area (Å²) in [4.78, 5) is 23.6. The molecule has 136 valence electrons. The van der Waals surface area contributed by atoms with Crippen molar-refractivity contribution in [3.63, 3.8) is 0 Å². The van der Waals surface area contributed by atoms with Crippen molar-refractivity contribution < 1.29 is 28.5 Å². The molecule has 1 amide bonds. The van der Waals surface area contributed by atoms with Crippen molar-refractivity contribution in [3.8, 4) is 17.2 Å². The predicted molar refractivity (Wildman–Crippen MR) is 93.5 cm³/mol. The molecule has 7 heteroatoms. The van der Waals surface area contributed by atoms with Crippen LogP contribution in [-0.2, 0) is 14.3 Å². The summed E-state index contributed by atoms with van der Waals surface area (Å²) in [6.45, 7) is 1.61. The number of fused-ring (bicyclic) bond motifs is 1. The minimum absolute atomic E-state index is 0.174. The highest BCUT2D eigenvalue weighted by atomic mass is 16.6. The van der Waals surface area contributed by atoms with Gasteiger partial charge in [0.05, 0.1) is 7.11 Å². The SMILES string of the molecule is COC(=O)COc1ccc(NC(=O)[C@H]2Oc3ccccc3O[C@H]2C)cc1. The highest BCUT2D eigenvalue weighted by Crippen LogP contribution is 2.33. The zero-order valence-corrected chi connectivity index (χ0v) is 14.4. The first-order valence-electron chi connectivity index (χ1n) is 8.09. The summed E-state index contributed by atoms with van der Waals surface area (Å²) in [6.07, 6.45) is -1.19. The van der Waals surface area contributed by atoms with Gasteiger partial charge >= 0.3 is 5.97 Å². The number of amides is 1. The number of nitrogens with one attached hydrogen (secondary N) is 1. The Bertz CT molecular complexity index is 789. The first kappa shape index (κ1) is 17.6. The maximum Gasteiger partial charge on any atom is 0.343 e. The van der Waals surface area contributed by atoms with Crippen LogP contribution in [0, 0.1) is 0 Å². The van der Waals surface area contributed by atoms with Crippen LogP contribution in [0.5, 0.6) is 17.2 Å². The van der Waals surface area contributed by atoms with Crippen LogP contribution in [0.25, 0.3) is 0 Å². The molecule has 0 bridgehead atoms. The van der Waals surface area contributed by atoms with Crippen molar-refractivity contribution in [2.75, 3.05) is 19.0 Å². The summed E-state index contributed by atoms with van der Waals surface area (Å²) in [5.74, 6) is 0.878. The monoisotopic (exact) mass is 357 g/mol. The molecule has 0 spiro atoms. The van der Waals surface area contributed by atoms with Crippen molar-refractivity contribution in [1.82, 2.24) is 0 Å². The average molecular weight is 357 g/mol. The van der Waals surface area contributed by atoms with Gasteiger partial charge in [0.1, 0.15) is 11.9 Å². The zero-order chi connectivity index (χ0) is 18.5. The lowest BCUT2D eigenvalue weighted by Gasteiger charge is -2.31. The molecule has 2 aromatic carbocycles. The van der Waals surface area contributed by atoms with Crippen LogP contribution >= 0.6 is 0 Å². The number of hydrogen-bond acceptors (Lipinski definition) is 6. The molecule has 1 N–H and O–H groups in total. The van der Waals surface area contributed by atoms with Crippen LogP contribution < -0.4 is 19.5 Å². The quantitative estimate of drug-likeness (QED) is 0.828. The lowest BCUT2D eigenvalue weighted by atomic mass is 10.1. The number of para-hydroxylation sites is 2. The molecule has 0 aromatic heterocycles. The third-order valence-corrected chi connectivity index (χ3v) is 3.81. The Morgan fingerprint density at radius 2 is 1.69 bits per heavy atom. The Morgan fingerprint density at radius 1 is 1.04 bits per heavy atom. The topological polar surface area (TPSA) is 83.1 Å². The van der Waals surface area contributed by atoms with Crippen molar-refractivity contribution in [1.29, 1.82) is 0 Å². The van der Waals surface area contributed by atoms with Gasteiger partial charge in [-0.15, -0.1) is 0 Å². The summed E-state index contributed by atoms with van der Waals surface area (Å²) in [6, 6.07) is 13.9. The third kappa shape index (κ3) is 4.05. The van der Waals surface area contributed by atoms with Crippen LogP contribution in [0.15, 0.2) is 48.5 Å². The first-order valence-corrected chi connectivity index (χ1v) is 8.09. The highest BCUT2D eigenvalue weighted by Gasteiger charge is 2.34. The number of carbonyl (C=O) groups is 2. The molecule has 0 unspecified atom stereocenters. The Morgan fingerprint density at radius 3 is 2.35 bits per heavy atom. The van der Waals surface area contributed by atoms with Crippen LogP contribution in [-0.4, -0.2) is 37.8 Å². The van der Waals surface area contributed by atoms with Crippen LogP contribution in [0.2, 0.25) is 0 Å². The van der Waals surface area contributed by atoms with Gasteiger partial charge in [0.2, 0.25) is 6.10 Å². The van der Waals surface area contributed by atoms with E-state index in [2.05, 4.69) is 10.1 Å². The van der Waals surface area contributed by atoms with Gasteiger partial charge in [0.25, 0.3) is 5.91 Å². The highest BCUT2D eigenvalue weighted by molar-refractivity contribution is 5.95. The Labute approximate surface area is 150 Å². The summed E-state index contributed by atoms with van der Waals surface area (Å²) in [5, 5.41) is 2.78. The molecular formula is C19H19NO6. The molecule has 26 heavy (non-hydrogen) atoms. The standard InChI is InChI=1S/C19H19NO6/c1-12-18(26-16-6-4-3-5-15(16)25-12)19(22)20-13-7-9-14(10-8-13)24-11-17(21)23-2/h3-10,12,18H,11H2,1-2H3,(H,20,22)/t12-,18-/m0/s1. The second-order valence-electron chi connectivity index (χ2n) is 5.69. The molecule has 2 atom stereocenters. The fourth-order valence-electron chi connectivity index (χ4n) is 2.46. The smallest absolute Gasteiger partial charge is 0.343 e. The van der Waals surface area contributed by atoms with Gasteiger partial charge < -0.3 is 24.3 Å². The number of esters is 1. The lowest BCUT2D eigenvalue weighted by Crippen LogP contribution is -2.46. The van der Waals surface area contributed by atoms with E-state index in [1.165, 1.54) is 7.11 Å². The molecule has 0 saturated heterocycles. The van der Waals surface area contributed by atoms with E-state index in [0.717, 1.165) is 0 Å². The number of methoxy groups -OCH3 is 1. The van der Waals surface area contributed by atoms with Crippen molar-refractivity contribution in [2.24, 2.45) is 0 Å².